The number of hydrogen-bond acceptors (Lipinski definition) is 12. The lowest BCUT2D eigenvalue weighted by molar-refractivity contribution is 0.612. The van der Waals surface area contributed by atoms with Gasteiger partial charge in [0.15, 0.2) is 34.0 Å². The minimum Gasteiger partial charge on any atom is -0.350 e. The van der Waals surface area contributed by atoms with Crippen molar-refractivity contribution in [2.75, 3.05) is 47.4 Å². The van der Waals surface area contributed by atoms with Crippen molar-refractivity contribution in [3.63, 3.8) is 0 Å². The lowest BCUT2D eigenvalue weighted by Crippen LogP contribution is -2.23. The topological polar surface area (TPSA) is 159 Å². The van der Waals surface area contributed by atoms with Gasteiger partial charge in [0.25, 0.3) is 0 Å². The van der Waals surface area contributed by atoms with Gasteiger partial charge in [0.05, 0.1) is 12.7 Å². The molecule has 2 atom stereocenters. The quantitative estimate of drug-likeness (QED) is 0.0826. The molecule has 2 saturated heterocycles. The summed E-state index contributed by atoms with van der Waals surface area (Å²) in [4.78, 5) is 28.0. The van der Waals surface area contributed by atoms with Crippen LogP contribution in [0.4, 0.5) is 34.9 Å². The Kier molecular flexibility index (Phi) is 11.9. The average Bonchev–Trinajstić information content (AvgIpc) is 3.93. The normalized spacial score (nSPS) is 16.8. The van der Waals surface area contributed by atoms with E-state index in [2.05, 4.69) is 103 Å². The summed E-state index contributed by atoms with van der Waals surface area (Å²) in [6.07, 6.45) is 5.79. The van der Waals surface area contributed by atoms with Gasteiger partial charge in [0.2, 0.25) is 11.9 Å². The van der Waals surface area contributed by atoms with Crippen molar-refractivity contribution in [1.82, 2.24) is 49.7 Å². The molecule has 8 rings (SSSR count). The summed E-state index contributed by atoms with van der Waals surface area (Å²) in [5.74, 6) is 2.65. The number of imidazole rings is 2. The Labute approximate surface area is 316 Å². The molecule has 0 radical (unpaired) electrons. The number of hydrogen-bond donors (Lipinski definition) is 6. The van der Waals surface area contributed by atoms with Crippen molar-refractivity contribution in [2.45, 2.75) is 79.1 Å². The van der Waals surface area contributed by atoms with Crippen molar-refractivity contribution < 1.29 is 0 Å². The molecule has 0 spiro atoms. The van der Waals surface area contributed by atoms with Crippen LogP contribution in [0.1, 0.15) is 65.6 Å². The fraction of sp³-hybridized carbons (Fsp3) is 0.421. The van der Waals surface area contributed by atoms with Crippen LogP contribution in [0.15, 0.2) is 61.2 Å². The van der Waals surface area contributed by atoms with E-state index in [4.69, 9.17) is 26.6 Å². The molecule has 2 aliphatic rings. The van der Waals surface area contributed by atoms with Gasteiger partial charge in [-0.3, -0.25) is 0 Å². The lowest BCUT2D eigenvalue weighted by Gasteiger charge is -2.15. The van der Waals surface area contributed by atoms with E-state index >= 15 is 0 Å². The number of halogens is 1. The third-order valence-electron chi connectivity index (χ3n) is 9.11. The number of nitrogens with zero attached hydrogens (tertiary/aromatic N) is 8. The molecule has 4 aromatic heterocycles. The second kappa shape index (κ2) is 16.7. The Hall–Kier alpha value is -5.05. The van der Waals surface area contributed by atoms with Crippen LogP contribution in [-0.2, 0) is 0 Å². The molecule has 2 fully saturated rings. The first kappa shape index (κ1) is 37.7. The highest BCUT2D eigenvalue weighted by atomic mass is 35.5. The summed E-state index contributed by atoms with van der Waals surface area (Å²) in [7, 11) is 0. The fourth-order valence-corrected chi connectivity index (χ4v) is 6.57. The van der Waals surface area contributed by atoms with Gasteiger partial charge >= 0.3 is 0 Å². The van der Waals surface area contributed by atoms with Crippen LogP contribution in [0.2, 0.25) is 5.02 Å². The molecular weight excluding hydrogens is 688 g/mol. The van der Waals surface area contributed by atoms with Crippen LogP contribution in [0.25, 0.3) is 22.3 Å². The number of nitrogens with one attached hydrogen (secondary N) is 6. The largest absolute Gasteiger partial charge is 0.350 e. The maximum atomic E-state index is 6.11. The Morgan fingerprint density at radius 2 is 1.19 bits per heavy atom. The van der Waals surface area contributed by atoms with E-state index in [0.717, 1.165) is 78.5 Å². The average molecular weight is 739 g/mol. The van der Waals surface area contributed by atoms with Gasteiger partial charge in [-0.05, 0) is 96.4 Å². The zero-order valence-electron chi connectivity index (χ0n) is 30.3. The standard InChI is InChI=1S/C19H25N7.C18H22ClN7.CH4/c1-12(2)26-11-21-16-17(22-14-6-4-5-13(3)9-14)24-19(25-18(16)26)23-15-7-8-20-10-15;1-11(2)26-10-21-15-16(22-13-5-3-4-12(19)8-13)24-18(25-17(15)26)23-14-6-7-20-9-14;/h4-6,9,11-12,15,20H,7-8,10H2,1-3H3,(H2,22,23,24,25);3-5,8,10-11,14,20H,6-7,9H2,1-2H3,(H2,22,23,24,25);1H4/t15-;14-;/m10./s1. The summed E-state index contributed by atoms with van der Waals surface area (Å²) < 4.78 is 4.13. The highest BCUT2D eigenvalue weighted by Gasteiger charge is 2.21. The Bertz CT molecular complexity index is 1980. The van der Waals surface area contributed by atoms with Crippen LogP contribution >= 0.6 is 11.6 Å². The molecule has 0 bridgehead atoms. The monoisotopic (exact) mass is 738 g/mol. The third kappa shape index (κ3) is 8.95. The maximum Gasteiger partial charge on any atom is 0.227 e. The number of anilines is 6. The molecule has 0 aliphatic carbocycles. The molecule has 280 valence electrons. The first-order valence-corrected chi connectivity index (χ1v) is 18.4. The summed E-state index contributed by atoms with van der Waals surface area (Å²) in [5.41, 5.74) is 6.25. The first-order valence-electron chi connectivity index (χ1n) is 18.0. The minimum absolute atomic E-state index is 0. The second-order valence-electron chi connectivity index (χ2n) is 13.9. The molecule has 6 aromatic rings. The van der Waals surface area contributed by atoms with Crippen molar-refractivity contribution in [1.29, 1.82) is 0 Å². The molecule has 6 heterocycles. The number of aryl methyl sites for hydroxylation is 1. The van der Waals surface area contributed by atoms with E-state index in [1.165, 1.54) is 5.56 Å². The smallest absolute Gasteiger partial charge is 0.227 e. The van der Waals surface area contributed by atoms with Crippen molar-refractivity contribution in [3.8, 4) is 0 Å². The molecule has 14 nitrogen and oxygen atoms in total. The van der Waals surface area contributed by atoms with Crippen molar-refractivity contribution in [3.05, 3.63) is 71.8 Å². The summed E-state index contributed by atoms with van der Waals surface area (Å²) in [6, 6.07) is 17.0. The Morgan fingerprint density at radius 1 is 0.698 bits per heavy atom. The first-order chi connectivity index (χ1) is 25.2. The van der Waals surface area contributed by atoms with Crippen LogP contribution in [0.5, 0.6) is 0 Å². The van der Waals surface area contributed by atoms with Gasteiger partial charge in [-0.2, -0.15) is 19.9 Å². The molecule has 2 aromatic carbocycles. The molecular formula is C38H51ClN14. The number of rotatable bonds is 10. The van der Waals surface area contributed by atoms with Gasteiger partial charge in [0, 0.05) is 53.7 Å². The summed E-state index contributed by atoms with van der Waals surface area (Å²) >= 11 is 6.11. The Balaban J connectivity index is 0.000000178. The van der Waals surface area contributed by atoms with Gasteiger partial charge in [-0.1, -0.05) is 37.2 Å². The zero-order valence-corrected chi connectivity index (χ0v) is 31.0. The van der Waals surface area contributed by atoms with E-state index in [-0.39, 0.29) is 19.5 Å². The van der Waals surface area contributed by atoms with E-state index in [0.29, 0.717) is 34.8 Å². The van der Waals surface area contributed by atoms with Crippen LogP contribution in [0.3, 0.4) is 0 Å². The van der Waals surface area contributed by atoms with Crippen LogP contribution < -0.4 is 31.9 Å². The van der Waals surface area contributed by atoms with E-state index in [9.17, 15) is 0 Å². The maximum absolute atomic E-state index is 6.11. The number of benzene rings is 2. The molecule has 2 aliphatic heterocycles. The van der Waals surface area contributed by atoms with E-state index in [1.807, 2.05) is 49.1 Å². The molecule has 0 amide bonds. The zero-order chi connectivity index (χ0) is 36.2. The highest BCUT2D eigenvalue weighted by molar-refractivity contribution is 6.30. The van der Waals surface area contributed by atoms with Gasteiger partial charge in [0.1, 0.15) is 0 Å². The summed E-state index contributed by atoms with van der Waals surface area (Å²) in [5, 5.41) is 21.0. The highest BCUT2D eigenvalue weighted by Crippen LogP contribution is 2.29. The number of fused-ring (bicyclic) bond motifs is 2. The van der Waals surface area contributed by atoms with E-state index < -0.39 is 0 Å². The molecule has 15 heteroatoms. The fourth-order valence-electron chi connectivity index (χ4n) is 6.38. The van der Waals surface area contributed by atoms with Crippen molar-refractivity contribution >= 4 is 68.8 Å². The second-order valence-corrected chi connectivity index (χ2v) is 14.4. The molecule has 6 N–H and O–H groups in total. The van der Waals surface area contributed by atoms with Gasteiger partial charge in [-0.25, -0.2) is 9.97 Å². The van der Waals surface area contributed by atoms with Crippen LogP contribution in [0, 0.1) is 6.92 Å². The summed E-state index contributed by atoms with van der Waals surface area (Å²) in [6.45, 7) is 14.5. The number of aromatic nitrogens is 8. The van der Waals surface area contributed by atoms with Gasteiger partial charge < -0.3 is 41.0 Å². The molecule has 0 unspecified atom stereocenters. The lowest BCUT2D eigenvalue weighted by atomic mass is 10.2. The predicted octanol–water partition coefficient (Wildman–Crippen LogP) is 7.45. The molecule has 53 heavy (non-hydrogen) atoms. The SMILES string of the molecule is C.CC(C)n1cnc2c(Nc3cccc(Cl)c3)nc(N[C@H]3CCNC3)nc21.Cc1cccc(Nc2nc(N[C@@H]3CCNC3)nc3c2ncn3C(C)C)c1. The Morgan fingerprint density at radius 3 is 1.62 bits per heavy atom. The molecule has 0 saturated carbocycles. The van der Waals surface area contributed by atoms with Crippen molar-refractivity contribution in [2.24, 2.45) is 0 Å². The predicted molar refractivity (Wildman–Crippen MR) is 217 cm³/mol. The third-order valence-corrected chi connectivity index (χ3v) is 9.35. The minimum atomic E-state index is 0. The van der Waals surface area contributed by atoms with Crippen LogP contribution in [-0.4, -0.2) is 77.3 Å². The van der Waals surface area contributed by atoms with Gasteiger partial charge in [-0.15, -0.1) is 0 Å². The van der Waals surface area contributed by atoms with E-state index in [1.54, 1.807) is 0 Å².